The van der Waals surface area contributed by atoms with Crippen LogP contribution in [0.4, 0.5) is 0 Å². The number of rotatable bonds is 4. The average molecular weight is 255 g/mol. The second-order valence-corrected chi connectivity index (χ2v) is 15.1. The standard InChI is InChI=1S/C12H26N2Si2/c1-7-9-13-11-16(5,6)14(10-8-2)12-15(13,3)4/h7-8H,1-2,9-12H2,3-6H3. The molecule has 0 aromatic rings. The summed E-state index contributed by atoms with van der Waals surface area (Å²) in [6, 6.07) is 0. The van der Waals surface area contributed by atoms with Crippen molar-refractivity contribution in [2.75, 3.05) is 25.4 Å². The van der Waals surface area contributed by atoms with E-state index in [0.717, 1.165) is 13.1 Å². The van der Waals surface area contributed by atoms with E-state index in [9.17, 15) is 0 Å². The summed E-state index contributed by atoms with van der Waals surface area (Å²) in [5.41, 5.74) is 0. The Balaban J connectivity index is 2.84. The highest BCUT2D eigenvalue weighted by Crippen LogP contribution is 2.25. The van der Waals surface area contributed by atoms with Crippen LogP contribution in [0.2, 0.25) is 26.2 Å². The molecule has 0 amide bonds. The van der Waals surface area contributed by atoms with Crippen molar-refractivity contribution < 1.29 is 0 Å². The van der Waals surface area contributed by atoms with E-state index in [1.807, 2.05) is 0 Å². The Morgan fingerprint density at radius 2 is 1.19 bits per heavy atom. The molecular weight excluding hydrogens is 228 g/mol. The highest BCUT2D eigenvalue weighted by atomic mass is 28.4. The molecule has 1 aliphatic heterocycles. The zero-order valence-electron chi connectivity index (χ0n) is 11.3. The normalized spacial score (nSPS) is 25.2. The zero-order valence-corrected chi connectivity index (χ0v) is 13.3. The fourth-order valence-corrected chi connectivity index (χ4v) is 12.0. The van der Waals surface area contributed by atoms with Crippen LogP contribution >= 0.6 is 0 Å². The van der Waals surface area contributed by atoms with Gasteiger partial charge in [0.1, 0.15) is 16.5 Å². The number of nitrogens with zero attached hydrogens (tertiary/aromatic N) is 2. The first-order valence-electron chi connectivity index (χ1n) is 6.05. The van der Waals surface area contributed by atoms with Crippen molar-refractivity contribution in [2.45, 2.75) is 26.2 Å². The van der Waals surface area contributed by atoms with Gasteiger partial charge in [-0.2, -0.15) is 0 Å². The lowest BCUT2D eigenvalue weighted by Crippen LogP contribution is -2.72. The molecule has 0 spiro atoms. The molecule has 0 saturated carbocycles. The van der Waals surface area contributed by atoms with Gasteiger partial charge < -0.3 is 9.13 Å². The minimum absolute atomic E-state index is 1.07. The fraction of sp³-hybridized carbons (Fsp3) is 0.667. The lowest BCUT2D eigenvalue weighted by molar-refractivity contribution is 0.411. The highest BCUT2D eigenvalue weighted by Gasteiger charge is 2.44. The van der Waals surface area contributed by atoms with E-state index in [-0.39, 0.29) is 0 Å². The second-order valence-electron chi connectivity index (χ2n) is 5.96. The summed E-state index contributed by atoms with van der Waals surface area (Å²) in [5, 5.41) is 0. The molecule has 0 N–H and O–H groups in total. The third kappa shape index (κ3) is 2.94. The fourth-order valence-electron chi connectivity index (χ4n) is 2.50. The molecule has 0 atom stereocenters. The van der Waals surface area contributed by atoms with E-state index in [1.54, 1.807) is 0 Å². The van der Waals surface area contributed by atoms with Crippen molar-refractivity contribution in [3.63, 3.8) is 0 Å². The molecule has 4 heteroatoms. The van der Waals surface area contributed by atoms with Gasteiger partial charge in [0.15, 0.2) is 0 Å². The first-order valence-corrected chi connectivity index (χ1v) is 12.4. The maximum atomic E-state index is 3.89. The molecule has 0 aromatic heterocycles. The topological polar surface area (TPSA) is 6.48 Å². The molecule has 0 unspecified atom stereocenters. The minimum Gasteiger partial charge on any atom is -0.320 e. The SMILES string of the molecule is C=CCN1C[Si](C)(C)N(CC=C)C[Si]1(C)C. The van der Waals surface area contributed by atoms with Gasteiger partial charge >= 0.3 is 0 Å². The molecule has 2 nitrogen and oxygen atoms in total. The first kappa shape index (κ1) is 13.9. The van der Waals surface area contributed by atoms with Gasteiger partial charge in [0, 0.05) is 25.4 Å². The van der Waals surface area contributed by atoms with Gasteiger partial charge in [0.25, 0.3) is 0 Å². The van der Waals surface area contributed by atoms with Gasteiger partial charge in [0.05, 0.1) is 0 Å². The lowest BCUT2D eigenvalue weighted by Gasteiger charge is -2.53. The van der Waals surface area contributed by atoms with Gasteiger partial charge in [-0.25, -0.2) is 0 Å². The molecule has 16 heavy (non-hydrogen) atoms. The Bertz CT molecular complexity index is 246. The molecule has 1 saturated heterocycles. The van der Waals surface area contributed by atoms with E-state index in [0.29, 0.717) is 0 Å². The molecule has 0 aliphatic carbocycles. The summed E-state index contributed by atoms with van der Waals surface area (Å²) in [6.07, 6.45) is 6.68. The van der Waals surface area contributed by atoms with E-state index in [4.69, 9.17) is 0 Å². The molecule has 0 aromatic carbocycles. The molecule has 1 aliphatic rings. The summed E-state index contributed by atoms with van der Waals surface area (Å²) >= 11 is 0. The Morgan fingerprint density at radius 3 is 1.44 bits per heavy atom. The Hall–Kier alpha value is -0.166. The van der Waals surface area contributed by atoms with Crippen LogP contribution in [0.5, 0.6) is 0 Å². The monoisotopic (exact) mass is 254 g/mol. The van der Waals surface area contributed by atoms with E-state index in [1.165, 1.54) is 12.3 Å². The molecular formula is C12H26N2Si2. The van der Waals surface area contributed by atoms with Crippen molar-refractivity contribution >= 4 is 16.5 Å². The Labute approximate surface area is 103 Å². The third-order valence-electron chi connectivity index (χ3n) is 3.57. The number of hydrogen-bond acceptors (Lipinski definition) is 2. The van der Waals surface area contributed by atoms with Gasteiger partial charge in [-0.1, -0.05) is 38.3 Å². The van der Waals surface area contributed by atoms with Crippen LogP contribution in [0.15, 0.2) is 25.3 Å². The van der Waals surface area contributed by atoms with Crippen LogP contribution in [-0.2, 0) is 0 Å². The molecule has 0 radical (unpaired) electrons. The zero-order chi connectivity index (χ0) is 12.4. The molecule has 1 fully saturated rings. The van der Waals surface area contributed by atoms with Gasteiger partial charge in [-0.3, -0.25) is 0 Å². The Kier molecular flexibility index (Phi) is 4.34. The molecule has 1 heterocycles. The predicted octanol–water partition coefficient (Wildman–Crippen LogP) is 2.46. The maximum absolute atomic E-state index is 3.89. The van der Waals surface area contributed by atoms with Crippen molar-refractivity contribution in [3.05, 3.63) is 25.3 Å². The smallest absolute Gasteiger partial charge is 0.135 e. The first-order chi connectivity index (χ1) is 7.33. The lowest BCUT2D eigenvalue weighted by atomic mass is 10.6. The van der Waals surface area contributed by atoms with Crippen LogP contribution in [-0.4, -0.2) is 51.0 Å². The minimum atomic E-state index is -1.26. The summed E-state index contributed by atoms with van der Waals surface area (Å²) in [6.45, 7) is 19.8. The van der Waals surface area contributed by atoms with Crippen molar-refractivity contribution in [1.29, 1.82) is 0 Å². The van der Waals surface area contributed by atoms with Crippen molar-refractivity contribution in [3.8, 4) is 0 Å². The van der Waals surface area contributed by atoms with Crippen LogP contribution in [0.1, 0.15) is 0 Å². The van der Waals surface area contributed by atoms with E-state index >= 15 is 0 Å². The van der Waals surface area contributed by atoms with Crippen molar-refractivity contribution in [1.82, 2.24) is 9.13 Å². The van der Waals surface area contributed by atoms with Crippen LogP contribution in [0.25, 0.3) is 0 Å². The largest absolute Gasteiger partial charge is 0.320 e. The summed E-state index contributed by atoms with van der Waals surface area (Å²) in [5.74, 6) is 0. The van der Waals surface area contributed by atoms with E-state index < -0.39 is 16.5 Å². The quantitative estimate of drug-likeness (QED) is 0.562. The predicted molar refractivity (Wildman–Crippen MR) is 78.5 cm³/mol. The van der Waals surface area contributed by atoms with Crippen molar-refractivity contribution in [2.24, 2.45) is 0 Å². The summed E-state index contributed by atoms with van der Waals surface area (Å²) in [4.78, 5) is 0. The van der Waals surface area contributed by atoms with E-state index in [2.05, 4.69) is 60.6 Å². The number of hydrogen-bond donors (Lipinski definition) is 0. The van der Waals surface area contributed by atoms with Gasteiger partial charge in [-0.15, -0.1) is 13.2 Å². The maximum Gasteiger partial charge on any atom is 0.135 e. The van der Waals surface area contributed by atoms with Gasteiger partial charge in [-0.05, 0) is 0 Å². The average Bonchev–Trinajstić information content (AvgIpc) is 2.14. The third-order valence-corrected chi connectivity index (χ3v) is 10.6. The molecule has 92 valence electrons. The second kappa shape index (κ2) is 5.00. The Morgan fingerprint density at radius 1 is 0.875 bits per heavy atom. The summed E-state index contributed by atoms with van der Waals surface area (Å²) in [7, 11) is -2.51. The van der Waals surface area contributed by atoms with Gasteiger partial charge in [0.2, 0.25) is 0 Å². The summed E-state index contributed by atoms with van der Waals surface area (Å²) < 4.78 is 5.43. The van der Waals surface area contributed by atoms with Crippen LogP contribution < -0.4 is 0 Å². The molecule has 0 bridgehead atoms. The van der Waals surface area contributed by atoms with Crippen LogP contribution in [0, 0.1) is 0 Å². The van der Waals surface area contributed by atoms with Crippen LogP contribution in [0.3, 0.4) is 0 Å². The highest BCUT2D eigenvalue weighted by molar-refractivity contribution is 6.83. The molecule has 1 rings (SSSR count).